The van der Waals surface area contributed by atoms with Crippen molar-refractivity contribution >= 4 is 22.8 Å². The van der Waals surface area contributed by atoms with Crippen LogP contribution < -0.4 is 5.73 Å². The van der Waals surface area contributed by atoms with Crippen LogP contribution >= 0.6 is 0 Å². The van der Waals surface area contributed by atoms with Gasteiger partial charge in [-0.2, -0.15) is 0 Å². The zero-order valence-electron chi connectivity index (χ0n) is 14.9. The summed E-state index contributed by atoms with van der Waals surface area (Å²) in [7, 11) is 0. The first-order valence-corrected chi connectivity index (χ1v) is 7.95. The van der Waals surface area contributed by atoms with Crippen LogP contribution in [0, 0.1) is 30.3 Å². The Hall–Kier alpha value is -4.13. The molecule has 13 heteroatoms. The largest absolute Gasteiger partial charge is 0.497 e. The van der Waals surface area contributed by atoms with Crippen molar-refractivity contribution in [2.75, 3.05) is 6.54 Å². The second-order valence-electron chi connectivity index (χ2n) is 5.46. The zero-order valence-corrected chi connectivity index (χ0v) is 14.9. The van der Waals surface area contributed by atoms with E-state index in [0.29, 0.717) is 24.4 Å². The normalized spacial score (nSPS) is 10.6. The van der Waals surface area contributed by atoms with Gasteiger partial charge in [-0.15, -0.1) is 0 Å². The Morgan fingerprint density at radius 1 is 0.966 bits per heavy atom. The topological polar surface area (TPSA) is 208 Å². The maximum absolute atomic E-state index is 10.4. The number of aryl methyl sites for hydroxylation is 1. The quantitative estimate of drug-likeness (QED) is 0.266. The number of hydrogen-bond acceptors (Lipinski definition) is 10. The van der Waals surface area contributed by atoms with E-state index in [4.69, 9.17) is 16.0 Å². The predicted octanol–water partition coefficient (Wildman–Crippen LogP) is 2.52. The summed E-state index contributed by atoms with van der Waals surface area (Å²) in [6, 6.07) is 11.0. The highest BCUT2D eigenvalue weighted by Crippen LogP contribution is 2.38. The highest BCUT2D eigenvalue weighted by molar-refractivity contribution is 5.85. The Balaban J connectivity index is 0.000000296. The Morgan fingerprint density at radius 3 is 1.86 bits per heavy atom. The van der Waals surface area contributed by atoms with Crippen LogP contribution in [0.4, 0.5) is 17.1 Å². The Morgan fingerprint density at radius 2 is 1.48 bits per heavy atom. The predicted molar refractivity (Wildman–Crippen MR) is 101 cm³/mol. The molecule has 0 fully saturated rings. The van der Waals surface area contributed by atoms with Gasteiger partial charge >= 0.3 is 11.4 Å². The molecule has 0 bridgehead atoms. The molecule has 154 valence electrons. The lowest BCUT2D eigenvalue weighted by Gasteiger charge is -2.01. The molecule has 0 aliphatic rings. The summed E-state index contributed by atoms with van der Waals surface area (Å²) in [5.74, 6) is -1.21. The van der Waals surface area contributed by atoms with E-state index in [1.54, 1.807) is 0 Å². The number of nitrogens with two attached hydrogens (primary N) is 1. The minimum atomic E-state index is -1.21. The molecule has 0 aliphatic carbocycles. The molecule has 0 radical (unpaired) electrons. The molecule has 0 unspecified atom stereocenters. The van der Waals surface area contributed by atoms with Gasteiger partial charge in [-0.1, -0.05) is 35.5 Å². The lowest BCUT2D eigenvalue weighted by molar-refractivity contribution is -0.404. The van der Waals surface area contributed by atoms with Crippen molar-refractivity contribution in [2.24, 2.45) is 10.9 Å². The molecule has 0 saturated carbocycles. The summed E-state index contributed by atoms with van der Waals surface area (Å²) >= 11 is 0. The number of phenols is 1. The minimum absolute atomic E-state index is 0.323. The van der Waals surface area contributed by atoms with Gasteiger partial charge in [0.2, 0.25) is 0 Å². The second kappa shape index (κ2) is 10.9. The number of nitro groups is 3. The van der Waals surface area contributed by atoms with Gasteiger partial charge in [0.1, 0.15) is 0 Å². The summed E-state index contributed by atoms with van der Waals surface area (Å²) in [6.45, 7) is 0.323. The second-order valence-corrected chi connectivity index (χ2v) is 5.46. The molecule has 4 N–H and O–H groups in total. The highest BCUT2D eigenvalue weighted by Gasteiger charge is 2.30. The molecule has 0 saturated heterocycles. The van der Waals surface area contributed by atoms with E-state index in [9.17, 15) is 30.3 Å². The van der Waals surface area contributed by atoms with E-state index >= 15 is 0 Å². The van der Waals surface area contributed by atoms with E-state index < -0.39 is 37.6 Å². The monoisotopic (exact) mass is 407 g/mol. The molecular weight excluding hydrogens is 390 g/mol. The summed E-state index contributed by atoms with van der Waals surface area (Å²) in [5, 5.41) is 51.8. The zero-order chi connectivity index (χ0) is 22.0. The van der Waals surface area contributed by atoms with Crippen molar-refractivity contribution < 1.29 is 25.1 Å². The Labute approximate surface area is 163 Å². The van der Waals surface area contributed by atoms with E-state index in [-0.39, 0.29) is 0 Å². The molecule has 0 heterocycles. The van der Waals surface area contributed by atoms with Crippen molar-refractivity contribution in [1.82, 2.24) is 0 Å². The summed E-state index contributed by atoms with van der Waals surface area (Å²) in [6.07, 6.45) is 1.59. The van der Waals surface area contributed by atoms with Gasteiger partial charge in [-0.25, -0.2) is 0 Å². The van der Waals surface area contributed by atoms with Crippen molar-refractivity contribution in [3.63, 3.8) is 0 Å². The van der Waals surface area contributed by atoms with Gasteiger partial charge in [0.15, 0.2) is 0 Å². The molecular formula is C16H17N5O8. The molecule has 0 spiro atoms. The van der Waals surface area contributed by atoms with Crippen molar-refractivity contribution in [1.29, 1.82) is 0 Å². The van der Waals surface area contributed by atoms with Crippen LogP contribution in [0.3, 0.4) is 0 Å². The maximum atomic E-state index is 10.4. The standard InChI is InChI=1S/C10H14N2O.C6H3N3O7/c11-8-10(12-13)7-6-9-4-2-1-3-5-9;10-6-4(8(13)14)1-3(7(11)12)2-5(6)9(15)16/h1-5,13H,6-8,11H2;1-2,10H/b12-10-;. The number of benzene rings is 2. The smallest absolute Gasteiger partial charge is 0.324 e. The van der Waals surface area contributed by atoms with E-state index in [0.717, 1.165) is 12.8 Å². The van der Waals surface area contributed by atoms with Gasteiger partial charge in [0, 0.05) is 6.54 Å². The lowest BCUT2D eigenvalue weighted by Crippen LogP contribution is -2.14. The average Bonchev–Trinajstić information content (AvgIpc) is 2.69. The van der Waals surface area contributed by atoms with E-state index in [2.05, 4.69) is 5.16 Å². The molecule has 0 aliphatic heterocycles. The van der Waals surface area contributed by atoms with Crippen LogP contribution in [0.1, 0.15) is 12.0 Å². The third kappa shape index (κ3) is 6.84. The number of nitro benzene ring substituents is 3. The number of rotatable bonds is 7. The van der Waals surface area contributed by atoms with E-state index in [1.165, 1.54) is 5.56 Å². The van der Waals surface area contributed by atoms with Crippen molar-refractivity contribution in [3.8, 4) is 5.75 Å². The third-order valence-electron chi connectivity index (χ3n) is 3.58. The number of oxime groups is 1. The first-order valence-electron chi connectivity index (χ1n) is 7.95. The molecule has 2 rings (SSSR count). The van der Waals surface area contributed by atoms with Crippen LogP contribution in [-0.2, 0) is 6.42 Å². The Kier molecular flexibility index (Phi) is 8.60. The van der Waals surface area contributed by atoms with Crippen LogP contribution in [0.25, 0.3) is 0 Å². The van der Waals surface area contributed by atoms with Crippen LogP contribution in [-0.4, -0.2) is 37.3 Å². The number of non-ortho nitro benzene ring substituents is 1. The number of nitrogens with zero attached hydrogens (tertiary/aromatic N) is 4. The number of phenolic OH excluding ortho intramolecular Hbond substituents is 1. The SMILES string of the molecule is NC/C(CCc1ccccc1)=N\O.O=[N+]([O-])c1cc([N+](=O)[O-])c(O)c([N+](=O)[O-])c1. The number of hydrogen-bond donors (Lipinski definition) is 3. The fourth-order valence-electron chi connectivity index (χ4n) is 2.10. The molecule has 2 aromatic rings. The third-order valence-corrected chi connectivity index (χ3v) is 3.58. The molecule has 0 atom stereocenters. The fraction of sp³-hybridized carbons (Fsp3) is 0.188. The highest BCUT2D eigenvalue weighted by atomic mass is 16.6. The summed E-state index contributed by atoms with van der Waals surface area (Å²) < 4.78 is 0. The molecule has 13 nitrogen and oxygen atoms in total. The average molecular weight is 407 g/mol. The van der Waals surface area contributed by atoms with Crippen LogP contribution in [0.15, 0.2) is 47.6 Å². The fourth-order valence-corrected chi connectivity index (χ4v) is 2.10. The number of aromatic hydroxyl groups is 1. The van der Waals surface area contributed by atoms with Crippen molar-refractivity contribution in [3.05, 3.63) is 78.4 Å². The van der Waals surface area contributed by atoms with Gasteiger partial charge in [-0.3, -0.25) is 30.3 Å². The molecule has 2 aromatic carbocycles. The van der Waals surface area contributed by atoms with Gasteiger partial charge < -0.3 is 16.0 Å². The summed E-state index contributed by atoms with van der Waals surface area (Å²) in [5.41, 5.74) is 4.23. The van der Waals surface area contributed by atoms with Crippen molar-refractivity contribution in [2.45, 2.75) is 12.8 Å². The van der Waals surface area contributed by atoms with Gasteiger partial charge in [0.25, 0.3) is 11.4 Å². The van der Waals surface area contributed by atoms with Gasteiger partial charge in [0.05, 0.1) is 32.6 Å². The molecule has 29 heavy (non-hydrogen) atoms. The lowest BCUT2D eigenvalue weighted by atomic mass is 10.1. The first-order chi connectivity index (χ1) is 13.7. The van der Waals surface area contributed by atoms with Crippen LogP contribution in [0.5, 0.6) is 5.75 Å². The minimum Gasteiger partial charge on any atom is -0.497 e. The first kappa shape index (κ1) is 22.9. The van der Waals surface area contributed by atoms with E-state index in [1.807, 2.05) is 30.3 Å². The Bertz CT molecular complexity index is 882. The molecule has 0 amide bonds. The van der Waals surface area contributed by atoms with Crippen LogP contribution in [0.2, 0.25) is 0 Å². The maximum Gasteiger partial charge on any atom is 0.324 e. The molecule has 0 aromatic heterocycles. The summed E-state index contributed by atoms with van der Waals surface area (Å²) in [4.78, 5) is 27.8. The van der Waals surface area contributed by atoms with Gasteiger partial charge in [-0.05, 0) is 18.4 Å².